The van der Waals surface area contributed by atoms with E-state index in [-0.39, 0.29) is 12.1 Å². The Labute approximate surface area is 143 Å². The van der Waals surface area contributed by atoms with Crippen LogP contribution in [0.15, 0.2) is 0 Å². The van der Waals surface area contributed by atoms with Crippen LogP contribution in [0.2, 0.25) is 0 Å². The fourth-order valence-electron chi connectivity index (χ4n) is 3.05. The maximum absolute atomic E-state index is 12.1. The molecular weight excluding hydrogens is 306 g/mol. The van der Waals surface area contributed by atoms with Gasteiger partial charge in [0.15, 0.2) is 0 Å². The van der Waals surface area contributed by atoms with E-state index in [9.17, 15) is 4.79 Å². The van der Waals surface area contributed by atoms with Gasteiger partial charge in [-0.25, -0.2) is 9.48 Å². The fraction of sp³-hybridized carbons (Fsp3) is 0.706. The molecular formula is C17H29N5O2. The first-order chi connectivity index (χ1) is 11.1. The van der Waals surface area contributed by atoms with Crippen LogP contribution >= 0.6 is 0 Å². The van der Waals surface area contributed by atoms with Crippen molar-refractivity contribution in [2.75, 3.05) is 18.8 Å². The molecule has 0 aliphatic carbocycles. The van der Waals surface area contributed by atoms with Gasteiger partial charge in [0.05, 0.1) is 17.3 Å². The van der Waals surface area contributed by atoms with Crippen LogP contribution in [0, 0.1) is 5.41 Å². The summed E-state index contributed by atoms with van der Waals surface area (Å²) in [5.74, 6) is 0.565. The van der Waals surface area contributed by atoms with Crippen LogP contribution < -0.4 is 5.73 Å². The summed E-state index contributed by atoms with van der Waals surface area (Å²) in [4.78, 5) is 13.9. The first-order valence-corrected chi connectivity index (χ1v) is 8.54. The van der Waals surface area contributed by atoms with Gasteiger partial charge in [-0.3, -0.25) is 0 Å². The molecule has 134 valence electrons. The number of hydrogen-bond acceptors (Lipinski definition) is 5. The first kappa shape index (κ1) is 18.3. The summed E-state index contributed by atoms with van der Waals surface area (Å²) in [5, 5.41) is 12.5. The summed E-state index contributed by atoms with van der Waals surface area (Å²) in [7, 11) is 0. The van der Waals surface area contributed by atoms with Gasteiger partial charge in [-0.05, 0) is 47.0 Å². The van der Waals surface area contributed by atoms with E-state index in [4.69, 9.17) is 15.9 Å². The van der Waals surface area contributed by atoms with Crippen LogP contribution in [0.3, 0.4) is 0 Å². The highest BCUT2D eigenvalue weighted by molar-refractivity contribution is 6.01. The number of carbonyl (C=O) groups excluding carboxylic acids is 1. The predicted molar refractivity (Wildman–Crippen MR) is 94.6 cm³/mol. The Balaban J connectivity index is 2.08. The molecule has 1 saturated heterocycles. The topological polar surface area (TPSA) is 97.2 Å². The summed E-state index contributed by atoms with van der Waals surface area (Å²) in [6.07, 6.45) is 2.05. The Bertz CT molecular complexity index is 622. The van der Waals surface area contributed by atoms with Crippen molar-refractivity contribution in [3.63, 3.8) is 0 Å². The second-order valence-corrected chi connectivity index (χ2v) is 7.33. The number of anilines is 1. The van der Waals surface area contributed by atoms with Crippen molar-refractivity contribution in [3.05, 3.63) is 11.3 Å². The third-order valence-corrected chi connectivity index (χ3v) is 4.19. The summed E-state index contributed by atoms with van der Waals surface area (Å²) in [6.45, 7) is 10.6. The first-order valence-electron chi connectivity index (χ1n) is 8.54. The quantitative estimate of drug-likeness (QED) is 0.830. The van der Waals surface area contributed by atoms with E-state index in [0.717, 1.165) is 30.5 Å². The molecule has 0 radical (unpaired) electrons. The van der Waals surface area contributed by atoms with E-state index in [1.165, 1.54) is 0 Å². The third kappa shape index (κ3) is 3.88. The summed E-state index contributed by atoms with van der Waals surface area (Å²) < 4.78 is 7.27. The van der Waals surface area contributed by atoms with Gasteiger partial charge in [-0.2, -0.15) is 5.10 Å². The van der Waals surface area contributed by atoms with E-state index in [1.807, 2.05) is 32.4 Å². The molecule has 1 amide bonds. The minimum Gasteiger partial charge on any atom is -0.444 e. The number of nitrogens with one attached hydrogen (secondary N) is 1. The number of rotatable bonds is 3. The standard InChI is InChI=1S/C17H29N5O2/c1-6-13-14(11(2)18)15(19)22(20-13)12-7-9-21(10-8-12)16(23)24-17(3,4)5/h12,18H,6-10,19H2,1-5H3. The molecule has 24 heavy (non-hydrogen) atoms. The lowest BCUT2D eigenvalue weighted by atomic mass is 10.1. The zero-order chi connectivity index (χ0) is 18.1. The summed E-state index contributed by atoms with van der Waals surface area (Å²) in [5.41, 5.74) is 7.84. The minimum atomic E-state index is -0.479. The van der Waals surface area contributed by atoms with Gasteiger partial charge in [0.1, 0.15) is 11.4 Å². The van der Waals surface area contributed by atoms with Gasteiger partial charge < -0.3 is 20.8 Å². The number of likely N-dealkylation sites (tertiary alicyclic amines) is 1. The fourth-order valence-corrected chi connectivity index (χ4v) is 3.05. The van der Waals surface area contributed by atoms with Gasteiger partial charge in [-0.15, -0.1) is 0 Å². The molecule has 1 aromatic rings. The Morgan fingerprint density at radius 3 is 2.38 bits per heavy atom. The smallest absolute Gasteiger partial charge is 0.410 e. The number of piperidine rings is 1. The van der Waals surface area contributed by atoms with E-state index < -0.39 is 5.60 Å². The van der Waals surface area contributed by atoms with Crippen molar-refractivity contribution in [1.82, 2.24) is 14.7 Å². The van der Waals surface area contributed by atoms with E-state index >= 15 is 0 Å². The van der Waals surface area contributed by atoms with Crippen LogP contribution in [0.25, 0.3) is 0 Å². The molecule has 2 heterocycles. The largest absolute Gasteiger partial charge is 0.444 e. The molecule has 7 nitrogen and oxygen atoms in total. The molecule has 0 saturated carbocycles. The van der Waals surface area contributed by atoms with Gasteiger partial charge in [0.2, 0.25) is 0 Å². The second kappa shape index (κ2) is 6.83. The third-order valence-electron chi connectivity index (χ3n) is 4.19. The number of nitrogen functional groups attached to an aromatic ring is 1. The van der Waals surface area contributed by atoms with E-state index in [0.29, 0.717) is 24.6 Å². The zero-order valence-corrected chi connectivity index (χ0v) is 15.3. The number of nitrogens with two attached hydrogens (primary N) is 1. The zero-order valence-electron chi connectivity index (χ0n) is 15.3. The Morgan fingerprint density at radius 1 is 1.38 bits per heavy atom. The lowest BCUT2D eigenvalue weighted by Crippen LogP contribution is -2.42. The molecule has 0 atom stereocenters. The second-order valence-electron chi connectivity index (χ2n) is 7.33. The normalized spacial score (nSPS) is 16.3. The number of carbonyl (C=O) groups is 1. The van der Waals surface area contributed by atoms with Crippen molar-refractivity contribution >= 4 is 17.6 Å². The van der Waals surface area contributed by atoms with Crippen LogP contribution in [0.4, 0.5) is 10.6 Å². The Kier molecular flexibility index (Phi) is 5.20. The minimum absolute atomic E-state index is 0.155. The van der Waals surface area contributed by atoms with Gasteiger partial charge in [0, 0.05) is 18.8 Å². The number of hydrogen-bond donors (Lipinski definition) is 2. The average Bonchev–Trinajstić information content (AvgIpc) is 2.82. The Morgan fingerprint density at radius 2 is 1.96 bits per heavy atom. The Hall–Kier alpha value is -2.05. The molecule has 0 bridgehead atoms. The molecule has 7 heteroatoms. The van der Waals surface area contributed by atoms with Crippen LogP contribution in [0.1, 0.15) is 64.8 Å². The summed E-state index contributed by atoms with van der Waals surface area (Å²) >= 11 is 0. The monoisotopic (exact) mass is 335 g/mol. The highest BCUT2D eigenvalue weighted by Gasteiger charge is 2.29. The van der Waals surface area contributed by atoms with Crippen molar-refractivity contribution in [1.29, 1.82) is 5.41 Å². The average molecular weight is 335 g/mol. The van der Waals surface area contributed by atoms with Crippen molar-refractivity contribution in [3.8, 4) is 0 Å². The number of amides is 1. The lowest BCUT2D eigenvalue weighted by Gasteiger charge is -2.33. The van der Waals surface area contributed by atoms with Crippen molar-refractivity contribution in [2.24, 2.45) is 0 Å². The van der Waals surface area contributed by atoms with Gasteiger partial charge in [-0.1, -0.05) is 6.92 Å². The van der Waals surface area contributed by atoms with Gasteiger partial charge >= 0.3 is 6.09 Å². The van der Waals surface area contributed by atoms with Crippen LogP contribution in [-0.2, 0) is 11.2 Å². The number of nitrogens with zero attached hydrogens (tertiary/aromatic N) is 3. The van der Waals surface area contributed by atoms with Crippen LogP contribution in [0.5, 0.6) is 0 Å². The summed E-state index contributed by atoms with van der Waals surface area (Å²) in [6, 6.07) is 0.155. The SMILES string of the molecule is CCc1nn(C2CCN(C(=O)OC(C)(C)C)CC2)c(N)c1C(C)=N. The number of aromatic nitrogens is 2. The predicted octanol–water partition coefficient (Wildman–Crippen LogP) is 2.99. The van der Waals surface area contributed by atoms with Crippen LogP contribution in [-0.4, -0.2) is 45.2 Å². The molecule has 3 N–H and O–H groups in total. The molecule has 1 fully saturated rings. The molecule has 0 spiro atoms. The van der Waals surface area contributed by atoms with Crippen molar-refractivity contribution in [2.45, 2.75) is 65.5 Å². The van der Waals surface area contributed by atoms with Gasteiger partial charge in [0.25, 0.3) is 0 Å². The molecule has 1 aliphatic heterocycles. The molecule has 0 unspecified atom stereocenters. The van der Waals surface area contributed by atoms with E-state index in [1.54, 1.807) is 11.8 Å². The number of aryl methyl sites for hydroxylation is 1. The van der Waals surface area contributed by atoms with E-state index in [2.05, 4.69) is 5.10 Å². The van der Waals surface area contributed by atoms with Crippen molar-refractivity contribution < 1.29 is 9.53 Å². The highest BCUT2D eigenvalue weighted by atomic mass is 16.6. The highest BCUT2D eigenvalue weighted by Crippen LogP contribution is 2.29. The number of ether oxygens (including phenoxy) is 1. The molecule has 1 aliphatic rings. The molecule has 2 rings (SSSR count). The molecule has 1 aromatic heterocycles. The molecule has 0 aromatic carbocycles. The maximum Gasteiger partial charge on any atom is 0.410 e. The maximum atomic E-state index is 12.1. The lowest BCUT2D eigenvalue weighted by molar-refractivity contribution is 0.0185.